The van der Waals surface area contributed by atoms with Gasteiger partial charge in [-0.05, 0) is 30.2 Å². The van der Waals surface area contributed by atoms with Crippen molar-refractivity contribution in [2.75, 3.05) is 6.61 Å². The standard InChI is InChI=1S/C28H28FN5O5/c1-18(2)16-38-25(35)10-11-26(36)39-17-34-15-21(14-31-34)23-9-8-19-12-24(33(3)27(19)32-23)28(37)30-13-20-6-4-5-7-22(20)29/h4-12,14-15,18H,13,16-17H2,1-3H3,(H,30,37)/b11-10+. The van der Waals surface area contributed by atoms with E-state index in [2.05, 4.69) is 15.4 Å². The molecule has 0 aliphatic carbocycles. The zero-order valence-electron chi connectivity index (χ0n) is 21.8. The summed E-state index contributed by atoms with van der Waals surface area (Å²) < 4.78 is 27.0. The van der Waals surface area contributed by atoms with Crippen LogP contribution in [0.3, 0.4) is 0 Å². The summed E-state index contributed by atoms with van der Waals surface area (Å²) in [6.07, 6.45) is 5.26. The van der Waals surface area contributed by atoms with E-state index in [0.29, 0.717) is 28.2 Å². The monoisotopic (exact) mass is 533 g/mol. The highest BCUT2D eigenvalue weighted by Gasteiger charge is 2.16. The average molecular weight is 534 g/mol. The van der Waals surface area contributed by atoms with Gasteiger partial charge in [0.15, 0.2) is 6.73 Å². The van der Waals surface area contributed by atoms with E-state index < -0.39 is 11.9 Å². The van der Waals surface area contributed by atoms with E-state index in [9.17, 15) is 18.8 Å². The van der Waals surface area contributed by atoms with Gasteiger partial charge in [0.25, 0.3) is 5.91 Å². The molecule has 1 aromatic carbocycles. The average Bonchev–Trinajstić information content (AvgIpc) is 3.53. The maximum atomic E-state index is 13.9. The Hall–Kier alpha value is -4.80. The number of fused-ring (bicyclic) bond motifs is 1. The minimum Gasteiger partial charge on any atom is -0.462 e. The van der Waals surface area contributed by atoms with E-state index in [0.717, 1.165) is 17.5 Å². The second-order valence-corrected chi connectivity index (χ2v) is 9.19. The van der Waals surface area contributed by atoms with Gasteiger partial charge in [-0.15, -0.1) is 0 Å². The van der Waals surface area contributed by atoms with Gasteiger partial charge in [0, 0.05) is 48.5 Å². The molecule has 0 unspecified atom stereocenters. The van der Waals surface area contributed by atoms with E-state index >= 15 is 0 Å². The number of carbonyl (C=O) groups excluding carboxylic acids is 3. The SMILES string of the molecule is CC(C)COC(=O)/C=C/C(=O)OCn1cc(-c2ccc3cc(C(=O)NCc4ccccc4F)n(C)c3n2)cn1. The van der Waals surface area contributed by atoms with Crippen molar-refractivity contribution in [2.24, 2.45) is 13.0 Å². The maximum Gasteiger partial charge on any atom is 0.332 e. The molecule has 3 aromatic heterocycles. The summed E-state index contributed by atoms with van der Waals surface area (Å²) in [7, 11) is 1.73. The Balaban J connectivity index is 1.38. The van der Waals surface area contributed by atoms with Crippen LogP contribution in [-0.4, -0.2) is 43.8 Å². The molecule has 1 amide bonds. The number of hydrogen-bond donors (Lipinski definition) is 1. The molecule has 0 bridgehead atoms. The number of carbonyl (C=O) groups is 3. The Morgan fingerprint density at radius 3 is 2.56 bits per heavy atom. The predicted octanol–water partition coefficient (Wildman–Crippen LogP) is 3.76. The fraction of sp³-hybridized carbons (Fsp3) is 0.250. The van der Waals surface area contributed by atoms with E-state index in [4.69, 9.17) is 9.47 Å². The summed E-state index contributed by atoms with van der Waals surface area (Å²) in [5.74, 6) is -1.86. The van der Waals surface area contributed by atoms with Crippen LogP contribution in [0.25, 0.3) is 22.3 Å². The van der Waals surface area contributed by atoms with Gasteiger partial charge in [0.2, 0.25) is 0 Å². The molecule has 3 heterocycles. The van der Waals surface area contributed by atoms with Crippen molar-refractivity contribution in [3.63, 3.8) is 0 Å². The Bertz CT molecular complexity index is 1540. The van der Waals surface area contributed by atoms with Crippen molar-refractivity contribution in [3.8, 4) is 11.3 Å². The number of benzene rings is 1. The number of amides is 1. The molecule has 0 atom stereocenters. The smallest absolute Gasteiger partial charge is 0.332 e. The Morgan fingerprint density at radius 1 is 1.08 bits per heavy atom. The number of aryl methyl sites for hydroxylation is 1. The molecule has 1 N–H and O–H groups in total. The van der Waals surface area contributed by atoms with Gasteiger partial charge < -0.3 is 19.4 Å². The summed E-state index contributed by atoms with van der Waals surface area (Å²) in [5.41, 5.74) is 2.64. The molecule has 0 saturated carbocycles. The van der Waals surface area contributed by atoms with Crippen LogP contribution in [0.5, 0.6) is 0 Å². The van der Waals surface area contributed by atoms with Gasteiger partial charge in [-0.2, -0.15) is 5.10 Å². The van der Waals surface area contributed by atoms with Crippen LogP contribution in [0, 0.1) is 11.7 Å². The van der Waals surface area contributed by atoms with Gasteiger partial charge in [-0.3, -0.25) is 4.79 Å². The van der Waals surface area contributed by atoms with E-state index in [1.165, 1.54) is 10.7 Å². The lowest BCUT2D eigenvalue weighted by Gasteiger charge is -2.07. The van der Waals surface area contributed by atoms with E-state index in [1.54, 1.807) is 54.3 Å². The second kappa shape index (κ2) is 12.2. The number of esters is 2. The van der Waals surface area contributed by atoms with Crippen LogP contribution >= 0.6 is 0 Å². The quantitative estimate of drug-likeness (QED) is 0.244. The minimum absolute atomic E-state index is 0.0630. The lowest BCUT2D eigenvalue weighted by Crippen LogP contribution is -2.25. The molecule has 11 heteroatoms. The first-order valence-electron chi connectivity index (χ1n) is 12.2. The molecule has 0 aliphatic rings. The number of hydrogen-bond acceptors (Lipinski definition) is 7. The van der Waals surface area contributed by atoms with Gasteiger partial charge >= 0.3 is 11.9 Å². The number of ether oxygens (including phenoxy) is 2. The molecule has 4 rings (SSSR count). The fourth-order valence-electron chi connectivity index (χ4n) is 3.66. The molecular weight excluding hydrogens is 505 g/mol. The molecule has 39 heavy (non-hydrogen) atoms. The fourth-order valence-corrected chi connectivity index (χ4v) is 3.66. The number of rotatable bonds is 10. The summed E-state index contributed by atoms with van der Waals surface area (Å²) in [6.45, 7) is 3.98. The van der Waals surface area contributed by atoms with Gasteiger partial charge in [0.05, 0.1) is 18.5 Å². The zero-order chi connectivity index (χ0) is 27.9. The molecule has 10 nitrogen and oxygen atoms in total. The van der Waals surface area contributed by atoms with E-state index in [-0.39, 0.29) is 37.5 Å². The largest absolute Gasteiger partial charge is 0.462 e. The topological polar surface area (TPSA) is 117 Å². The van der Waals surface area contributed by atoms with Gasteiger partial charge in [-0.1, -0.05) is 32.0 Å². The summed E-state index contributed by atoms with van der Waals surface area (Å²) in [5, 5.41) is 7.69. The number of halogens is 1. The highest BCUT2D eigenvalue weighted by molar-refractivity contribution is 5.98. The first-order chi connectivity index (χ1) is 18.7. The highest BCUT2D eigenvalue weighted by Crippen LogP contribution is 2.23. The van der Waals surface area contributed by atoms with Crippen LogP contribution in [0.1, 0.15) is 29.9 Å². The van der Waals surface area contributed by atoms with Crippen molar-refractivity contribution in [1.82, 2.24) is 24.6 Å². The molecular formula is C28H28FN5O5. The van der Waals surface area contributed by atoms with Crippen LogP contribution in [0.4, 0.5) is 4.39 Å². The predicted molar refractivity (Wildman–Crippen MR) is 141 cm³/mol. The molecule has 0 aliphatic heterocycles. The van der Waals surface area contributed by atoms with Gasteiger partial charge in [0.1, 0.15) is 17.2 Å². The van der Waals surface area contributed by atoms with Crippen molar-refractivity contribution in [3.05, 3.63) is 84.1 Å². The number of aromatic nitrogens is 4. The van der Waals surface area contributed by atoms with E-state index in [1.807, 2.05) is 19.9 Å². The van der Waals surface area contributed by atoms with Crippen LogP contribution in [-0.2, 0) is 39.4 Å². The summed E-state index contributed by atoms with van der Waals surface area (Å²) >= 11 is 0. The van der Waals surface area contributed by atoms with Crippen molar-refractivity contribution in [1.29, 1.82) is 0 Å². The Morgan fingerprint density at radius 2 is 1.82 bits per heavy atom. The Kier molecular flexibility index (Phi) is 8.50. The molecule has 0 saturated heterocycles. The number of pyridine rings is 1. The van der Waals surface area contributed by atoms with Crippen molar-refractivity contribution < 1.29 is 28.2 Å². The molecule has 202 valence electrons. The molecule has 4 aromatic rings. The molecule has 0 spiro atoms. The first-order valence-corrected chi connectivity index (χ1v) is 12.2. The lowest BCUT2D eigenvalue weighted by atomic mass is 10.2. The van der Waals surface area contributed by atoms with Crippen LogP contribution in [0.15, 0.2) is 67.0 Å². The van der Waals surface area contributed by atoms with Crippen molar-refractivity contribution in [2.45, 2.75) is 27.1 Å². The van der Waals surface area contributed by atoms with Crippen LogP contribution < -0.4 is 5.32 Å². The Labute approximate surface area is 224 Å². The summed E-state index contributed by atoms with van der Waals surface area (Å²) in [6, 6.07) is 11.6. The summed E-state index contributed by atoms with van der Waals surface area (Å²) in [4.78, 5) is 40.9. The van der Waals surface area contributed by atoms with Crippen LogP contribution in [0.2, 0.25) is 0 Å². The number of nitrogens with one attached hydrogen (secondary N) is 1. The normalized spacial score (nSPS) is 11.3. The van der Waals surface area contributed by atoms with Gasteiger partial charge in [-0.25, -0.2) is 23.6 Å². The lowest BCUT2D eigenvalue weighted by molar-refractivity contribution is -0.143. The molecule has 0 radical (unpaired) electrons. The minimum atomic E-state index is -0.710. The third-order valence-electron chi connectivity index (χ3n) is 5.69. The second-order valence-electron chi connectivity index (χ2n) is 9.19. The first kappa shape index (κ1) is 27.2. The highest BCUT2D eigenvalue weighted by atomic mass is 19.1. The van der Waals surface area contributed by atoms with Crippen molar-refractivity contribution >= 4 is 28.9 Å². The number of nitrogens with zero attached hydrogens (tertiary/aromatic N) is 4. The third kappa shape index (κ3) is 6.95. The zero-order valence-corrected chi connectivity index (χ0v) is 21.8. The molecule has 0 fully saturated rings. The maximum absolute atomic E-state index is 13.9. The third-order valence-corrected chi connectivity index (χ3v) is 5.69.